The van der Waals surface area contributed by atoms with Crippen LogP contribution in [0, 0.1) is 0 Å². The Morgan fingerprint density at radius 1 is 1.59 bits per heavy atom. The minimum Gasteiger partial charge on any atom is -0.384 e. The number of aliphatic hydroxyl groups is 1. The first kappa shape index (κ1) is 15.5. The Bertz CT molecular complexity index is 611. The van der Waals surface area contributed by atoms with Crippen LogP contribution in [0.1, 0.15) is 25.3 Å². The van der Waals surface area contributed by atoms with E-state index >= 15 is 0 Å². The van der Waals surface area contributed by atoms with Gasteiger partial charge >= 0.3 is 0 Å². The van der Waals surface area contributed by atoms with E-state index in [0.29, 0.717) is 0 Å². The Hall–Kier alpha value is -1.44. The van der Waals surface area contributed by atoms with Crippen LogP contribution in [-0.4, -0.2) is 35.1 Å². The number of aromatic nitrogens is 1. The minimum absolute atomic E-state index is 0.0387. The van der Waals surface area contributed by atoms with Gasteiger partial charge in [0.25, 0.3) is 0 Å². The maximum absolute atomic E-state index is 12.5. The molecule has 2 aromatic heterocycles. The van der Waals surface area contributed by atoms with Crippen LogP contribution in [0.4, 0.5) is 5.13 Å². The Balaban J connectivity index is 1.62. The summed E-state index contributed by atoms with van der Waals surface area (Å²) in [6.07, 6.45) is 3.57. The molecule has 3 rings (SSSR count). The number of thiophene rings is 1. The van der Waals surface area contributed by atoms with Gasteiger partial charge in [-0.3, -0.25) is 4.79 Å². The monoisotopic (exact) mass is 337 g/mol. The average molecular weight is 337 g/mol. The number of carbonyl (C=O) groups is 1. The summed E-state index contributed by atoms with van der Waals surface area (Å²) >= 11 is 3.09. The van der Waals surface area contributed by atoms with Crippen molar-refractivity contribution < 1.29 is 9.90 Å². The fourth-order valence-electron chi connectivity index (χ4n) is 2.68. The Morgan fingerprint density at radius 3 is 3.14 bits per heavy atom. The second-order valence-corrected chi connectivity index (χ2v) is 7.32. The van der Waals surface area contributed by atoms with Crippen LogP contribution in [-0.2, 0) is 10.4 Å². The highest BCUT2D eigenvalue weighted by Gasteiger charge is 2.33. The van der Waals surface area contributed by atoms with Crippen LogP contribution in [0.2, 0.25) is 0 Å². The molecule has 22 heavy (non-hydrogen) atoms. The first-order chi connectivity index (χ1) is 10.6. The van der Waals surface area contributed by atoms with E-state index in [2.05, 4.69) is 15.2 Å². The van der Waals surface area contributed by atoms with Gasteiger partial charge < -0.3 is 15.3 Å². The Morgan fingerprint density at radius 2 is 2.45 bits per heavy atom. The number of hydrogen-bond donors (Lipinski definition) is 2. The van der Waals surface area contributed by atoms with Gasteiger partial charge in [-0.2, -0.15) is 11.3 Å². The first-order valence-corrected chi connectivity index (χ1v) is 9.09. The van der Waals surface area contributed by atoms with Crippen LogP contribution in [0.25, 0.3) is 0 Å². The molecular formula is C15H19N3O2S2. The number of hydrogen-bond acceptors (Lipinski definition) is 6. The van der Waals surface area contributed by atoms with E-state index in [-0.39, 0.29) is 18.5 Å². The molecule has 0 bridgehead atoms. The van der Waals surface area contributed by atoms with Crippen LogP contribution in [0.5, 0.6) is 0 Å². The molecule has 2 atom stereocenters. The number of amides is 1. The number of anilines is 1. The Labute approximate surface area is 137 Å². The zero-order valence-electron chi connectivity index (χ0n) is 12.4. The Kier molecular flexibility index (Phi) is 4.46. The van der Waals surface area contributed by atoms with Crippen molar-refractivity contribution in [2.45, 2.75) is 31.4 Å². The number of carbonyl (C=O) groups excluding carboxylic acids is 1. The maximum Gasteiger partial charge on any atom is 0.242 e. The van der Waals surface area contributed by atoms with Gasteiger partial charge in [-0.05, 0) is 42.2 Å². The highest BCUT2D eigenvalue weighted by Crippen LogP contribution is 2.27. The number of nitrogens with one attached hydrogen (secondary N) is 1. The van der Waals surface area contributed by atoms with E-state index in [1.807, 2.05) is 22.2 Å². The molecule has 1 amide bonds. The van der Waals surface area contributed by atoms with Crippen LogP contribution in [0.3, 0.4) is 0 Å². The molecular weight excluding hydrogens is 318 g/mol. The smallest absolute Gasteiger partial charge is 0.242 e. The summed E-state index contributed by atoms with van der Waals surface area (Å²) in [4.78, 5) is 18.8. The van der Waals surface area contributed by atoms with Gasteiger partial charge in [-0.1, -0.05) is 0 Å². The third kappa shape index (κ3) is 3.16. The molecule has 5 nitrogen and oxygen atoms in total. The van der Waals surface area contributed by atoms with E-state index in [0.717, 1.165) is 30.1 Å². The third-order valence-electron chi connectivity index (χ3n) is 3.97. The normalized spacial score (nSPS) is 20.8. The largest absolute Gasteiger partial charge is 0.384 e. The summed E-state index contributed by atoms with van der Waals surface area (Å²) in [5.74, 6) is -0.0387. The van der Waals surface area contributed by atoms with Crippen molar-refractivity contribution in [2.75, 3.05) is 18.0 Å². The third-order valence-corrected chi connectivity index (χ3v) is 5.46. The molecule has 2 unspecified atom stereocenters. The van der Waals surface area contributed by atoms with Crippen LogP contribution in [0.15, 0.2) is 28.4 Å². The summed E-state index contributed by atoms with van der Waals surface area (Å²) in [5, 5.41) is 20.0. The molecule has 118 valence electrons. The summed E-state index contributed by atoms with van der Waals surface area (Å²) in [6.45, 7) is 2.79. The van der Waals surface area contributed by atoms with Crippen molar-refractivity contribution in [1.82, 2.24) is 10.3 Å². The van der Waals surface area contributed by atoms with E-state index in [4.69, 9.17) is 0 Å². The summed E-state index contributed by atoms with van der Waals surface area (Å²) in [5.41, 5.74) is -0.207. The van der Waals surface area contributed by atoms with Gasteiger partial charge in [-0.25, -0.2) is 4.98 Å². The van der Waals surface area contributed by atoms with Gasteiger partial charge in [0.05, 0.1) is 6.54 Å². The lowest BCUT2D eigenvalue weighted by atomic mass is 9.99. The predicted octanol–water partition coefficient (Wildman–Crippen LogP) is 2.20. The fourth-order valence-corrected chi connectivity index (χ4v) is 4.18. The van der Waals surface area contributed by atoms with Crippen molar-refractivity contribution in [3.8, 4) is 0 Å². The summed E-state index contributed by atoms with van der Waals surface area (Å²) in [6, 6.07) is 1.69. The quantitative estimate of drug-likeness (QED) is 0.878. The molecule has 0 aliphatic carbocycles. The molecule has 1 saturated heterocycles. The molecule has 3 heterocycles. The molecule has 1 aliphatic rings. The summed E-state index contributed by atoms with van der Waals surface area (Å²) < 4.78 is 0. The molecule has 0 saturated carbocycles. The summed E-state index contributed by atoms with van der Waals surface area (Å²) in [7, 11) is 0. The minimum atomic E-state index is -1.04. The second-order valence-electron chi connectivity index (χ2n) is 5.67. The van der Waals surface area contributed by atoms with Crippen molar-refractivity contribution in [1.29, 1.82) is 0 Å². The van der Waals surface area contributed by atoms with Gasteiger partial charge in [0.2, 0.25) is 5.91 Å². The van der Waals surface area contributed by atoms with E-state index in [9.17, 15) is 9.90 Å². The second kappa shape index (κ2) is 6.36. The highest BCUT2D eigenvalue weighted by atomic mass is 32.1. The van der Waals surface area contributed by atoms with Gasteiger partial charge in [0.1, 0.15) is 11.6 Å². The zero-order valence-corrected chi connectivity index (χ0v) is 14.0. The standard InChI is InChI=1S/C15H19N3O2S2/c1-15(20,11-4-7-21-9-11)10-17-13(19)12-3-2-6-18(12)14-16-5-8-22-14/h4-5,7-9,12,20H,2-3,6,10H2,1H3,(H,17,19). The number of rotatable bonds is 5. The van der Waals surface area contributed by atoms with Crippen LogP contribution >= 0.6 is 22.7 Å². The average Bonchev–Trinajstić information content (AvgIpc) is 3.26. The van der Waals surface area contributed by atoms with Crippen molar-refractivity contribution >= 4 is 33.7 Å². The van der Waals surface area contributed by atoms with Gasteiger partial charge in [0.15, 0.2) is 5.13 Å². The van der Waals surface area contributed by atoms with Crippen molar-refractivity contribution in [3.05, 3.63) is 34.0 Å². The lowest BCUT2D eigenvalue weighted by Gasteiger charge is -2.27. The lowest BCUT2D eigenvalue weighted by Crippen LogP contribution is -2.47. The first-order valence-electron chi connectivity index (χ1n) is 7.27. The molecule has 1 aliphatic heterocycles. The maximum atomic E-state index is 12.5. The van der Waals surface area contributed by atoms with E-state index in [1.54, 1.807) is 24.5 Å². The number of nitrogens with zero attached hydrogens (tertiary/aromatic N) is 2. The molecule has 1 fully saturated rings. The SMILES string of the molecule is CC(O)(CNC(=O)C1CCCN1c1nccs1)c1ccsc1. The lowest BCUT2D eigenvalue weighted by molar-refractivity contribution is -0.123. The van der Waals surface area contributed by atoms with Crippen molar-refractivity contribution in [2.24, 2.45) is 0 Å². The molecule has 0 aromatic carbocycles. The van der Waals surface area contributed by atoms with E-state index < -0.39 is 5.60 Å². The van der Waals surface area contributed by atoms with Gasteiger partial charge in [0, 0.05) is 18.1 Å². The van der Waals surface area contributed by atoms with Gasteiger partial charge in [-0.15, -0.1) is 11.3 Å². The van der Waals surface area contributed by atoms with Crippen molar-refractivity contribution in [3.63, 3.8) is 0 Å². The van der Waals surface area contributed by atoms with E-state index in [1.165, 1.54) is 11.3 Å². The van der Waals surface area contributed by atoms with Crippen LogP contribution < -0.4 is 10.2 Å². The number of thiazole rings is 1. The topological polar surface area (TPSA) is 65.5 Å². The predicted molar refractivity (Wildman–Crippen MR) is 89.4 cm³/mol. The zero-order chi connectivity index (χ0) is 15.6. The molecule has 2 aromatic rings. The molecule has 0 radical (unpaired) electrons. The molecule has 7 heteroatoms. The fraction of sp³-hybridized carbons (Fsp3) is 0.467. The molecule has 2 N–H and O–H groups in total. The molecule has 0 spiro atoms. The highest BCUT2D eigenvalue weighted by molar-refractivity contribution is 7.13.